The number of aryl methyl sites for hydroxylation is 1. The predicted molar refractivity (Wildman–Crippen MR) is 87.2 cm³/mol. The molecule has 4 rings (SSSR count). The van der Waals surface area contributed by atoms with E-state index in [9.17, 15) is 0 Å². The van der Waals surface area contributed by atoms with Crippen molar-refractivity contribution in [2.75, 3.05) is 0 Å². The molecule has 1 fully saturated rings. The molecule has 0 nitrogen and oxygen atoms in total. The van der Waals surface area contributed by atoms with E-state index in [1.165, 1.54) is 24.0 Å². The molecule has 1 saturated carbocycles. The highest BCUT2D eigenvalue weighted by Gasteiger charge is 2.56. The van der Waals surface area contributed by atoms with Crippen LogP contribution in [-0.2, 0) is 6.42 Å². The summed E-state index contributed by atoms with van der Waals surface area (Å²) in [6.45, 7) is 0. The fraction of sp³-hybridized carbons (Fsp3) is 0.333. The fourth-order valence-corrected chi connectivity index (χ4v) is 4.64. The Morgan fingerprint density at radius 3 is 2.60 bits per heavy atom. The maximum atomic E-state index is 6.78. The molecule has 4 unspecified atom stereocenters. The van der Waals surface area contributed by atoms with Crippen LogP contribution in [0.1, 0.15) is 34.4 Å². The lowest BCUT2D eigenvalue weighted by molar-refractivity contribution is 0.622. The average molecular weight is 348 g/mol. The van der Waals surface area contributed by atoms with E-state index < -0.39 is 0 Å². The molecule has 0 heterocycles. The Morgan fingerprint density at radius 1 is 1.05 bits per heavy atom. The van der Waals surface area contributed by atoms with Gasteiger partial charge >= 0.3 is 0 Å². The molecule has 0 radical (unpaired) electrons. The lowest BCUT2D eigenvalue weighted by Gasteiger charge is -2.13. The average Bonchev–Trinajstić information content (AvgIpc) is 3.22. The Kier molecular flexibility index (Phi) is 3.16. The van der Waals surface area contributed by atoms with Crippen LogP contribution in [0.15, 0.2) is 53.0 Å². The van der Waals surface area contributed by atoms with Gasteiger partial charge in [-0.1, -0.05) is 52.3 Å². The third kappa shape index (κ3) is 2.03. The zero-order valence-electron chi connectivity index (χ0n) is 11.1. The topological polar surface area (TPSA) is 0 Å². The minimum atomic E-state index is 0.143. The van der Waals surface area contributed by atoms with E-state index in [1.807, 2.05) is 0 Å². The van der Waals surface area contributed by atoms with Crippen LogP contribution in [0.3, 0.4) is 0 Å². The van der Waals surface area contributed by atoms with Gasteiger partial charge in [-0.05, 0) is 59.4 Å². The molecule has 0 aromatic heterocycles. The Bertz CT molecular complexity index is 634. The van der Waals surface area contributed by atoms with Gasteiger partial charge in [0.2, 0.25) is 0 Å². The zero-order valence-corrected chi connectivity index (χ0v) is 13.4. The largest absolute Gasteiger partial charge is 0.117 e. The molecule has 0 bridgehead atoms. The van der Waals surface area contributed by atoms with Gasteiger partial charge < -0.3 is 0 Å². The van der Waals surface area contributed by atoms with Crippen molar-refractivity contribution < 1.29 is 0 Å². The van der Waals surface area contributed by atoms with Crippen LogP contribution in [-0.4, -0.2) is 0 Å². The van der Waals surface area contributed by atoms with Crippen molar-refractivity contribution in [3.8, 4) is 0 Å². The number of rotatable bonds is 2. The molecule has 0 amide bonds. The fourth-order valence-electron chi connectivity index (χ4n) is 3.89. The molecule has 0 spiro atoms. The molecule has 0 aliphatic heterocycles. The summed E-state index contributed by atoms with van der Waals surface area (Å²) in [4.78, 5) is 0. The van der Waals surface area contributed by atoms with Gasteiger partial charge in [0.25, 0.3) is 0 Å². The van der Waals surface area contributed by atoms with Crippen molar-refractivity contribution in [2.45, 2.75) is 24.1 Å². The Balaban J connectivity index is 1.62. The number of hydrogen-bond acceptors (Lipinski definition) is 0. The number of alkyl halides is 1. The van der Waals surface area contributed by atoms with Crippen molar-refractivity contribution in [3.63, 3.8) is 0 Å². The van der Waals surface area contributed by atoms with Crippen molar-refractivity contribution in [1.29, 1.82) is 0 Å². The normalized spacial score (nSPS) is 28.4. The first-order valence-electron chi connectivity index (χ1n) is 7.23. The van der Waals surface area contributed by atoms with Crippen molar-refractivity contribution in [1.82, 2.24) is 0 Å². The van der Waals surface area contributed by atoms with Gasteiger partial charge in [0.1, 0.15) is 0 Å². The zero-order chi connectivity index (χ0) is 13.7. The number of halogens is 2. The summed E-state index contributed by atoms with van der Waals surface area (Å²) in [5, 5.41) is 0.143. The SMILES string of the molecule is ClC(c1ccc(Br)cc1)C1C2CCc3ccccc3C21. The summed E-state index contributed by atoms with van der Waals surface area (Å²) < 4.78 is 1.11. The Hall–Kier alpha value is -0.790. The first-order chi connectivity index (χ1) is 9.75. The van der Waals surface area contributed by atoms with Crippen LogP contribution >= 0.6 is 27.5 Å². The van der Waals surface area contributed by atoms with Crippen molar-refractivity contribution in [3.05, 3.63) is 69.7 Å². The van der Waals surface area contributed by atoms with Gasteiger partial charge in [-0.25, -0.2) is 0 Å². The van der Waals surface area contributed by atoms with Crippen molar-refractivity contribution in [2.24, 2.45) is 11.8 Å². The third-order valence-electron chi connectivity index (χ3n) is 4.92. The van der Waals surface area contributed by atoms with Gasteiger partial charge in [-0.15, -0.1) is 11.6 Å². The van der Waals surface area contributed by atoms with Crippen LogP contribution < -0.4 is 0 Å². The predicted octanol–water partition coefficient (Wildman–Crippen LogP) is 5.71. The molecule has 0 saturated heterocycles. The molecule has 2 aromatic carbocycles. The minimum absolute atomic E-state index is 0.143. The maximum Gasteiger partial charge on any atom is 0.0622 e. The van der Waals surface area contributed by atoms with E-state index in [1.54, 1.807) is 5.56 Å². The third-order valence-corrected chi connectivity index (χ3v) is 5.99. The highest BCUT2D eigenvalue weighted by atomic mass is 79.9. The maximum absolute atomic E-state index is 6.78. The highest BCUT2D eigenvalue weighted by Crippen LogP contribution is 2.65. The van der Waals surface area contributed by atoms with E-state index in [0.717, 1.165) is 10.4 Å². The van der Waals surface area contributed by atoms with Crippen LogP contribution in [0.5, 0.6) is 0 Å². The van der Waals surface area contributed by atoms with E-state index in [2.05, 4.69) is 64.5 Å². The molecule has 4 atom stereocenters. The molecule has 2 aromatic rings. The second kappa shape index (κ2) is 4.89. The summed E-state index contributed by atoms with van der Waals surface area (Å²) in [5.74, 6) is 2.09. The first kappa shape index (κ1) is 12.9. The highest BCUT2D eigenvalue weighted by molar-refractivity contribution is 9.10. The monoisotopic (exact) mass is 346 g/mol. The number of benzene rings is 2. The van der Waals surface area contributed by atoms with Gasteiger partial charge in [0, 0.05) is 4.47 Å². The van der Waals surface area contributed by atoms with E-state index in [-0.39, 0.29) is 5.38 Å². The first-order valence-corrected chi connectivity index (χ1v) is 8.46. The molecule has 2 heteroatoms. The summed E-state index contributed by atoms with van der Waals surface area (Å²) in [5.41, 5.74) is 4.35. The smallest absolute Gasteiger partial charge is 0.0622 e. The Morgan fingerprint density at radius 2 is 1.80 bits per heavy atom. The number of fused-ring (bicyclic) bond motifs is 3. The van der Waals surface area contributed by atoms with Crippen LogP contribution in [0.2, 0.25) is 0 Å². The van der Waals surface area contributed by atoms with E-state index in [4.69, 9.17) is 11.6 Å². The second-order valence-electron chi connectivity index (χ2n) is 5.96. The second-order valence-corrected chi connectivity index (χ2v) is 7.34. The summed E-state index contributed by atoms with van der Waals surface area (Å²) in [6, 6.07) is 17.4. The molecule has 2 aliphatic rings. The lowest BCUT2D eigenvalue weighted by atomic mass is 9.92. The van der Waals surface area contributed by atoms with Gasteiger partial charge in [-0.3, -0.25) is 0 Å². The van der Waals surface area contributed by atoms with Crippen LogP contribution in [0.25, 0.3) is 0 Å². The summed E-state index contributed by atoms with van der Waals surface area (Å²) in [6.07, 6.45) is 2.52. The Labute approximate surface area is 133 Å². The van der Waals surface area contributed by atoms with Gasteiger partial charge in [0.15, 0.2) is 0 Å². The molecule has 2 aliphatic carbocycles. The van der Waals surface area contributed by atoms with E-state index in [0.29, 0.717) is 11.8 Å². The standard InChI is InChI=1S/C18H16BrCl/c19-13-8-5-12(6-9-13)18(20)17-15-10-7-11-3-1-2-4-14(11)16(15)17/h1-6,8-9,15-18H,7,10H2. The molecule has 20 heavy (non-hydrogen) atoms. The van der Waals surface area contributed by atoms with Gasteiger partial charge in [0.05, 0.1) is 5.38 Å². The van der Waals surface area contributed by atoms with Crippen LogP contribution in [0, 0.1) is 11.8 Å². The lowest BCUT2D eigenvalue weighted by Crippen LogP contribution is -2.00. The van der Waals surface area contributed by atoms with Crippen molar-refractivity contribution >= 4 is 27.5 Å². The molecule has 102 valence electrons. The molecular formula is C18H16BrCl. The van der Waals surface area contributed by atoms with Gasteiger partial charge in [-0.2, -0.15) is 0 Å². The summed E-state index contributed by atoms with van der Waals surface area (Å²) in [7, 11) is 0. The van der Waals surface area contributed by atoms with E-state index >= 15 is 0 Å². The minimum Gasteiger partial charge on any atom is -0.117 e. The molecule has 0 N–H and O–H groups in total. The number of hydrogen-bond donors (Lipinski definition) is 0. The quantitative estimate of drug-likeness (QED) is 0.611. The van der Waals surface area contributed by atoms with Crippen LogP contribution in [0.4, 0.5) is 0 Å². The molecular weight excluding hydrogens is 332 g/mol. The summed E-state index contributed by atoms with van der Waals surface area (Å²) >= 11 is 10.3.